The van der Waals surface area contributed by atoms with Crippen LogP contribution in [0.2, 0.25) is 5.02 Å². The summed E-state index contributed by atoms with van der Waals surface area (Å²) < 4.78 is 0.780. The molecule has 22 heavy (non-hydrogen) atoms. The van der Waals surface area contributed by atoms with Crippen LogP contribution in [-0.2, 0) is 11.2 Å². The van der Waals surface area contributed by atoms with Gasteiger partial charge in [0.15, 0.2) is 0 Å². The first-order valence-electron chi connectivity index (χ1n) is 6.56. The Hall–Kier alpha value is -1.85. The van der Waals surface area contributed by atoms with E-state index in [0.717, 1.165) is 10.0 Å². The van der Waals surface area contributed by atoms with E-state index in [9.17, 15) is 9.59 Å². The summed E-state index contributed by atoms with van der Waals surface area (Å²) in [5, 5.41) is 3.18. The number of nitrogens with two attached hydrogens (primary N) is 1. The lowest BCUT2D eigenvalue weighted by atomic mass is 10.0. The van der Waals surface area contributed by atoms with Crippen LogP contribution in [0.5, 0.6) is 0 Å². The SMILES string of the molecule is NC(=O)[C@H](Cc1ccccc1Cl)NC(=O)c1cccc(Br)c1. The number of nitrogens with one attached hydrogen (secondary N) is 1. The molecule has 0 saturated carbocycles. The largest absolute Gasteiger partial charge is 0.368 e. The van der Waals surface area contributed by atoms with Crippen molar-refractivity contribution in [3.63, 3.8) is 0 Å². The fourth-order valence-corrected chi connectivity index (χ4v) is 2.59. The van der Waals surface area contributed by atoms with Crippen molar-refractivity contribution < 1.29 is 9.59 Å². The standard InChI is InChI=1S/C16H14BrClN2O2/c17-12-6-3-5-11(8-12)16(22)20-14(15(19)21)9-10-4-1-2-7-13(10)18/h1-8,14H,9H2,(H2,19,21)(H,20,22)/t14-/m0/s1. The summed E-state index contributed by atoms with van der Waals surface area (Å²) in [6.45, 7) is 0. The molecule has 1 atom stereocenters. The molecule has 0 aliphatic rings. The van der Waals surface area contributed by atoms with Gasteiger partial charge in [-0.05, 0) is 29.8 Å². The van der Waals surface area contributed by atoms with Gasteiger partial charge in [-0.1, -0.05) is 51.8 Å². The third-order valence-corrected chi connectivity index (χ3v) is 3.98. The molecule has 0 aromatic heterocycles. The minimum atomic E-state index is -0.827. The third kappa shape index (κ3) is 4.32. The molecule has 6 heteroatoms. The van der Waals surface area contributed by atoms with E-state index in [4.69, 9.17) is 17.3 Å². The highest BCUT2D eigenvalue weighted by atomic mass is 79.9. The Morgan fingerprint density at radius 3 is 2.55 bits per heavy atom. The topological polar surface area (TPSA) is 72.2 Å². The lowest BCUT2D eigenvalue weighted by molar-refractivity contribution is -0.119. The van der Waals surface area contributed by atoms with Crippen LogP contribution < -0.4 is 11.1 Å². The monoisotopic (exact) mass is 380 g/mol. The zero-order valence-electron chi connectivity index (χ0n) is 11.6. The minimum Gasteiger partial charge on any atom is -0.368 e. The molecule has 114 valence electrons. The molecule has 0 bridgehead atoms. The molecule has 0 aliphatic heterocycles. The summed E-state index contributed by atoms with van der Waals surface area (Å²) in [4.78, 5) is 23.8. The number of hydrogen-bond acceptors (Lipinski definition) is 2. The Morgan fingerprint density at radius 2 is 1.91 bits per heavy atom. The zero-order valence-corrected chi connectivity index (χ0v) is 13.9. The predicted molar refractivity (Wildman–Crippen MR) is 89.7 cm³/mol. The van der Waals surface area contributed by atoms with Gasteiger partial charge in [0, 0.05) is 21.5 Å². The van der Waals surface area contributed by atoms with E-state index >= 15 is 0 Å². The van der Waals surface area contributed by atoms with E-state index in [1.54, 1.807) is 36.4 Å². The van der Waals surface area contributed by atoms with Crippen LogP contribution in [0.1, 0.15) is 15.9 Å². The molecular formula is C16H14BrClN2O2. The first kappa shape index (κ1) is 16.5. The van der Waals surface area contributed by atoms with Gasteiger partial charge in [0.25, 0.3) is 5.91 Å². The maximum Gasteiger partial charge on any atom is 0.251 e. The number of halogens is 2. The minimum absolute atomic E-state index is 0.245. The van der Waals surface area contributed by atoms with Crippen molar-refractivity contribution in [2.45, 2.75) is 12.5 Å². The van der Waals surface area contributed by atoms with Crippen molar-refractivity contribution >= 4 is 39.3 Å². The Labute approximate surface area is 141 Å². The van der Waals surface area contributed by atoms with Crippen molar-refractivity contribution in [2.24, 2.45) is 5.73 Å². The average molecular weight is 382 g/mol. The summed E-state index contributed by atoms with van der Waals surface area (Å²) in [6.07, 6.45) is 0.245. The number of amides is 2. The first-order valence-corrected chi connectivity index (χ1v) is 7.73. The van der Waals surface area contributed by atoms with Crippen LogP contribution in [0, 0.1) is 0 Å². The molecule has 0 spiro atoms. The molecule has 0 heterocycles. The van der Waals surface area contributed by atoms with E-state index in [-0.39, 0.29) is 12.3 Å². The van der Waals surface area contributed by atoms with Gasteiger partial charge in [-0.15, -0.1) is 0 Å². The summed E-state index contributed by atoms with van der Waals surface area (Å²) in [6, 6.07) is 13.2. The van der Waals surface area contributed by atoms with Gasteiger partial charge in [-0.3, -0.25) is 9.59 Å². The van der Waals surface area contributed by atoms with E-state index in [1.807, 2.05) is 12.1 Å². The summed E-state index contributed by atoms with van der Waals surface area (Å²) in [5.41, 5.74) is 6.58. The summed E-state index contributed by atoms with van der Waals surface area (Å²) in [5.74, 6) is -0.972. The molecule has 2 amide bonds. The number of hydrogen-bond donors (Lipinski definition) is 2. The molecule has 0 saturated heterocycles. The summed E-state index contributed by atoms with van der Waals surface area (Å²) in [7, 11) is 0. The average Bonchev–Trinajstić information content (AvgIpc) is 2.48. The first-order chi connectivity index (χ1) is 10.5. The van der Waals surface area contributed by atoms with E-state index in [0.29, 0.717) is 10.6 Å². The van der Waals surface area contributed by atoms with Gasteiger partial charge in [-0.2, -0.15) is 0 Å². The molecule has 2 aromatic carbocycles. The fraction of sp³-hybridized carbons (Fsp3) is 0.125. The Kier molecular flexibility index (Phi) is 5.57. The molecule has 3 N–H and O–H groups in total. The quantitative estimate of drug-likeness (QED) is 0.836. The molecule has 0 unspecified atom stereocenters. The molecule has 0 radical (unpaired) electrons. The summed E-state index contributed by atoms with van der Waals surface area (Å²) >= 11 is 9.38. The van der Waals surface area contributed by atoms with Crippen LogP contribution in [0.25, 0.3) is 0 Å². The number of benzene rings is 2. The number of rotatable bonds is 5. The Bertz CT molecular complexity index is 706. The maximum atomic E-state index is 12.2. The van der Waals surface area contributed by atoms with Crippen molar-refractivity contribution in [1.29, 1.82) is 0 Å². The van der Waals surface area contributed by atoms with E-state index in [1.165, 1.54) is 0 Å². The molecular weight excluding hydrogens is 368 g/mol. The Morgan fingerprint density at radius 1 is 1.18 bits per heavy atom. The molecule has 0 fully saturated rings. The molecule has 4 nitrogen and oxygen atoms in total. The number of primary amides is 1. The van der Waals surface area contributed by atoms with E-state index < -0.39 is 11.9 Å². The van der Waals surface area contributed by atoms with E-state index in [2.05, 4.69) is 21.2 Å². The van der Waals surface area contributed by atoms with Crippen molar-refractivity contribution in [3.8, 4) is 0 Å². The van der Waals surface area contributed by atoms with Crippen LogP contribution in [-0.4, -0.2) is 17.9 Å². The molecule has 2 rings (SSSR count). The molecule has 0 aliphatic carbocycles. The maximum absolute atomic E-state index is 12.2. The zero-order chi connectivity index (χ0) is 16.1. The van der Waals surface area contributed by atoms with Crippen molar-refractivity contribution in [1.82, 2.24) is 5.32 Å². The van der Waals surface area contributed by atoms with Gasteiger partial charge >= 0.3 is 0 Å². The molecule has 2 aromatic rings. The van der Waals surface area contributed by atoms with Crippen LogP contribution in [0.3, 0.4) is 0 Å². The van der Waals surface area contributed by atoms with Crippen LogP contribution >= 0.6 is 27.5 Å². The fourth-order valence-electron chi connectivity index (χ4n) is 1.98. The number of carbonyl (C=O) groups excluding carboxylic acids is 2. The van der Waals surface area contributed by atoms with Gasteiger partial charge in [0.2, 0.25) is 5.91 Å². The number of carbonyl (C=O) groups is 2. The van der Waals surface area contributed by atoms with Crippen LogP contribution in [0.15, 0.2) is 53.0 Å². The smallest absolute Gasteiger partial charge is 0.251 e. The highest BCUT2D eigenvalue weighted by Gasteiger charge is 2.20. The second-order valence-corrected chi connectivity index (χ2v) is 6.06. The predicted octanol–water partition coefficient (Wildman–Crippen LogP) is 2.93. The van der Waals surface area contributed by atoms with Crippen LogP contribution in [0.4, 0.5) is 0 Å². The Balaban J connectivity index is 2.14. The normalized spacial score (nSPS) is 11.7. The second-order valence-electron chi connectivity index (χ2n) is 4.73. The lowest BCUT2D eigenvalue weighted by Gasteiger charge is -2.16. The van der Waals surface area contributed by atoms with Gasteiger partial charge in [0.1, 0.15) is 6.04 Å². The van der Waals surface area contributed by atoms with Gasteiger partial charge in [-0.25, -0.2) is 0 Å². The van der Waals surface area contributed by atoms with Gasteiger partial charge < -0.3 is 11.1 Å². The second kappa shape index (κ2) is 7.42. The highest BCUT2D eigenvalue weighted by Crippen LogP contribution is 2.17. The van der Waals surface area contributed by atoms with Crippen molar-refractivity contribution in [3.05, 3.63) is 69.2 Å². The lowest BCUT2D eigenvalue weighted by Crippen LogP contribution is -2.45. The highest BCUT2D eigenvalue weighted by molar-refractivity contribution is 9.10. The van der Waals surface area contributed by atoms with Crippen molar-refractivity contribution in [2.75, 3.05) is 0 Å². The van der Waals surface area contributed by atoms with Gasteiger partial charge in [0.05, 0.1) is 0 Å². The third-order valence-electron chi connectivity index (χ3n) is 3.12.